The van der Waals surface area contributed by atoms with Crippen LogP contribution in [0.25, 0.3) is 0 Å². The van der Waals surface area contributed by atoms with E-state index in [1.54, 1.807) is 29.6 Å². The summed E-state index contributed by atoms with van der Waals surface area (Å²) in [5.41, 5.74) is 0.742. The summed E-state index contributed by atoms with van der Waals surface area (Å²) < 4.78 is 32.6. The molecule has 2 fully saturated rings. The predicted octanol–water partition coefficient (Wildman–Crippen LogP) is 2.25. The number of likely N-dealkylation sites (tertiary alicyclic amines) is 1. The van der Waals surface area contributed by atoms with Crippen molar-refractivity contribution in [2.45, 2.75) is 43.5 Å². The topological polar surface area (TPSA) is 49.9 Å². The van der Waals surface area contributed by atoms with Crippen LogP contribution in [-0.2, 0) is 10.0 Å². The van der Waals surface area contributed by atoms with Gasteiger partial charge in [-0.3, -0.25) is 0 Å². The van der Waals surface area contributed by atoms with Gasteiger partial charge in [0.25, 0.3) is 0 Å². The highest BCUT2D eigenvalue weighted by Gasteiger charge is 2.33. The third kappa shape index (κ3) is 3.39. The first-order valence-corrected chi connectivity index (χ1v) is 9.85. The minimum atomic E-state index is -3.41. The minimum Gasteiger partial charge on any atom is -0.497 e. The minimum absolute atomic E-state index is 0.401. The Labute approximate surface area is 139 Å². The van der Waals surface area contributed by atoms with Gasteiger partial charge in [-0.25, -0.2) is 8.42 Å². The lowest BCUT2D eigenvalue weighted by Crippen LogP contribution is -2.45. The molecule has 2 aliphatic heterocycles. The molecule has 0 amide bonds. The van der Waals surface area contributed by atoms with Gasteiger partial charge in [0.05, 0.1) is 12.0 Å². The fraction of sp³-hybridized carbons (Fsp3) is 0.647. The second-order valence-corrected chi connectivity index (χ2v) is 8.42. The average molecular weight is 338 g/mol. The van der Waals surface area contributed by atoms with E-state index in [0.717, 1.165) is 18.4 Å². The van der Waals surface area contributed by atoms with Gasteiger partial charge in [-0.15, -0.1) is 0 Å². The van der Waals surface area contributed by atoms with Crippen molar-refractivity contribution in [3.63, 3.8) is 0 Å². The Morgan fingerprint density at radius 3 is 2.30 bits per heavy atom. The molecule has 0 bridgehead atoms. The molecule has 0 unspecified atom stereocenters. The van der Waals surface area contributed by atoms with Crippen LogP contribution >= 0.6 is 0 Å². The molecule has 0 spiro atoms. The molecule has 1 aromatic rings. The van der Waals surface area contributed by atoms with Crippen LogP contribution in [0, 0.1) is 6.92 Å². The quantitative estimate of drug-likeness (QED) is 0.845. The van der Waals surface area contributed by atoms with Crippen LogP contribution in [0.3, 0.4) is 0 Å². The molecule has 0 N–H and O–H groups in total. The van der Waals surface area contributed by atoms with Crippen molar-refractivity contribution in [3.05, 3.63) is 23.8 Å². The lowest BCUT2D eigenvalue weighted by molar-refractivity contribution is 0.168. The van der Waals surface area contributed by atoms with Gasteiger partial charge >= 0.3 is 0 Å². The third-order valence-corrected chi connectivity index (χ3v) is 7.14. The Hall–Kier alpha value is -1.11. The SMILES string of the molecule is COc1ccc(S(=O)(=O)N2CCC(N3CCCC3)CC2)c(C)c1. The molecule has 2 heterocycles. The number of aryl methyl sites for hydroxylation is 1. The number of sulfonamides is 1. The molecule has 128 valence electrons. The molecule has 0 atom stereocenters. The molecule has 2 saturated heterocycles. The second-order valence-electron chi connectivity index (χ2n) is 6.51. The number of benzene rings is 1. The van der Waals surface area contributed by atoms with Crippen molar-refractivity contribution < 1.29 is 13.2 Å². The van der Waals surface area contributed by atoms with E-state index in [1.807, 2.05) is 6.92 Å². The summed E-state index contributed by atoms with van der Waals surface area (Å²) in [5, 5.41) is 0. The summed E-state index contributed by atoms with van der Waals surface area (Å²) in [6.45, 7) is 5.42. The van der Waals surface area contributed by atoms with Gasteiger partial charge in [0.1, 0.15) is 5.75 Å². The second kappa shape index (κ2) is 6.79. The maximum atomic E-state index is 12.9. The Bertz CT molecular complexity index is 646. The van der Waals surface area contributed by atoms with Crippen LogP contribution in [0.2, 0.25) is 0 Å². The first-order valence-electron chi connectivity index (χ1n) is 8.41. The maximum absolute atomic E-state index is 12.9. The van der Waals surface area contributed by atoms with E-state index in [0.29, 0.717) is 29.8 Å². The van der Waals surface area contributed by atoms with Crippen molar-refractivity contribution in [1.82, 2.24) is 9.21 Å². The van der Waals surface area contributed by atoms with Gasteiger partial charge in [-0.1, -0.05) is 0 Å². The monoisotopic (exact) mass is 338 g/mol. The zero-order valence-corrected chi connectivity index (χ0v) is 14.8. The molecule has 5 nitrogen and oxygen atoms in total. The number of hydrogen-bond donors (Lipinski definition) is 0. The van der Waals surface area contributed by atoms with Crippen LogP contribution in [-0.4, -0.2) is 57.0 Å². The zero-order chi connectivity index (χ0) is 16.4. The van der Waals surface area contributed by atoms with Crippen LogP contribution in [0.4, 0.5) is 0 Å². The number of hydrogen-bond acceptors (Lipinski definition) is 4. The van der Waals surface area contributed by atoms with E-state index >= 15 is 0 Å². The number of nitrogens with zero attached hydrogens (tertiary/aromatic N) is 2. The van der Waals surface area contributed by atoms with E-state index in [1.165, 1.54) is 25.9 Å². The van der Waals surface area contributed by atoms with Crippen LogP contribution in [0.1, 0.15) is 31.2 Å². The third-order valence-electron chi connectivity index (χ3n) is 5.08. The van der Waals surface area contributed by atoms with Crippen molar-refractivity contribution in [2.75, 3.05) is 33.3 Å². The van der Waals surface area contributed by atoms with E-state index in [9.17, 15) is 8.42 Å². The molecule has 6 heteroatoms. The van der Waals surface area contributed by atoms with Gasteiger partial charge in [0.15, 0.2) is 0 Å². The van der Waals surface area contributed by atoms with Gasteiger partial charge in [0, 0.05) is 19.1 Å². The summed E-state index contributed by atoms with van der Waals surface area (Å²) in [5.74, 6) is 0.689. The Kier molecular flexibility index (Phi) is 4.94. The molecular formula is C17H26N2O3S. The highest BCUT2D eigenvalue weighted by atomic mass is 32.2. The molecule has 23 heavy (non-hydrogen) atoms. The number of methoxy groups -OCH3 is 1. The molecular weight excluding hydrogens is 312 g/mol. The van der Waals surface area contributed by atoms with Crippen molar-refractivity contribution in [3.8, 4) is 5.75 Å². The number of piperidine rings is 1. The fourth-order valence-corrected chi connectivity index (χ4v) is 5.41. The predicted molar refractivity (Wildman–Crippen MR) is 90.3 cm³/mol. The largest absolute Gasteiger partial charge is 0.497 e. The molecule has 1 aromatic carbocycles. The van der Waals surface area contributed by atoms with E-state index in [2.05, 4.69) is 4.90 Å². The summed E-state index contributed by atoms with van der Waals surface area (Å²) >= 11 is 0. The first-order chi connectivity index (χ1) is 11.0. The van der Waals surface area contributed by atoms with E-state index in [-0.39, 0.29) is 0 Å². The highest BCUT2D eigenvalue weighted by molar-refractivity contribution is 7.89. The summed E-state index contributed by atoms with van der Waals surface area (Å²) in [7, 11) is -1.82. The van der Waals surface area contributed by atoms with Crippen LogP contribution in [0.5, 0.6) is 5.75 Å². The van der Waals surface area contributed by atoms with Gasteiger partial charge in [-0.05, 0) is 69.5 Å². The summed E-state index contributed by atoms with van der Waals surface area (Å²) in [6, 6.07) is 5.72. The fourth-order valence-electron chi connectivity index (χ4n) is 3.73. The van der Waals surface area contributed by atoms with Crippen molar-refractivity contribution in [1.29, 1.82) is 0 Å². The van der Waals surface area contributed by atoms with E-state index < -0.39 is 10.0 Å². The highest BCUT2D eigenvalue weighted by Crippen LogP contribution is 2.28. The smallest absolute Gasteiger partial charge is 0.243 e. The molecule has 0 aromatic heterocycles. The normalized spacial score (nSPS) is 21.7. The molecule has 3 rings (SSSR count). The molecule has 0 saturated carbocycles. The van der Waals surface area contributed by atoms with Gasteiger partial charge < -0.3 is 9.64 Å². The van der Waals surface area contributed by atoms with E-state index in [4.69, 9.17) is 4.74 Å². The maximum Gasteiger partial charge on any atom is 0.243 e. The molecule has 2 aliphatic rings. The molecule has 0 aliphatic carbocycles. The standard InChI is InChI=1S/C17H26N2O3S/c1-14-13-16(22-2)5-6-17(14)23(20,21)19-11-7-15(8-12-19)18-9-3-4-10-18/h5-6,13,15H,3-4,7-12H2,1-2H3. The Balaban J connectivity index is 1.71. The molecule has 0 radical (unpaired) electrons. The van der Waals surface area contributed by atoms with Crippen molar-refractivity contribution >= 4 is 10.0 Å². The average Bonchev–Trinajstić information content (AvgIpc) is 3.09. The van der Waals surface area contributed by atoms with Gasteiger partial charge in [0.2, 0.25) is 10.0 Å². The van der Waals surface area contributed by atoms with Crippen molar-refractivity contribution in [2.24, 2.45) is 0 Å². The summed E-state index contributed by atoms with van der Waals surface area (Å²) in [4.78, 5) is 2.93. The van der Waals surface area contributed by atoms with Gasteiger partial charge in [-0.2, -0.15) is 4.31 Å². The first kappa shape index (κ1) is 16.7. The summed E-state index contributed by atoms with van der Waals surface area (Å²) in [6.07, 6.45) is 4.44. The number of ether oxygens (including phenoxy) is 1. The lowest BCUT2D eigenvalue weighted by Gasteiger charge is -2.36. The zero-order valence-electron chi connectivity index (χ0n) is 14.0. The Morgan fingerprint density at radius 2 is 1.74 bits per heavy atom. The lowest BCUT2D eigenvalue weighted by atomic mass is 10.1. The number of rotatable bonds is 4. The van der Waals surface area contributed by atoms with Crippen LogP contribution in [0.15, 0.2) is 23.1 Å². The Morgan fingerprint density at radius 1 is 1.09 bits per heavy atom. The van der Waals surface area contributed by atoms with Crippen LogP contribution < -0.4 is 4.74 Å².